The molecule has 0 amide bonds. The number of halogens is 1. The van der Waals surface area contributed by atoms with E-state index in [1.807, 2.05) is 12.3 Å². The second-order valence-corrected chi connectivity index (χ2v) is 8.90. The fraction of sp³-hybridized carbons (Fsp3) is 0.417. The second-order valence-electron chi connectivity index (χ2n) is 7.98. The zero-order valence-electron chi connectivity index (χ0n) is 18.7. The Balaban J connectivity index is 1.49. The van der Waals surface area contributed by atoms with Crippen molar-refractivity contribution in [2.75, 3.05) is 11.9 Å². The van der Waals surface area contributed by atoms with E-state index >= 15 is 0 Å². The molecule has 3 heterocycles. The van der Waals surface area contributed by atoms with E-state index in [9.17, 15) is 9.59 Å². The number of hydrogen-bond donors (Lipinski definition) is 2. The monoisotopic (exact) mass is 499 g/mol. The molecule has 0 aliphatic rings. The second kappa shape index (κ2) is 11.8. The molecule has 0 saturated carbocycles. The number of unbranched alkanes of at least 4 members (excludes halogenated alkanes) is 2. The Hall–Kier alpha value is -2.74. The number of anilines is 1. The molecule has 170 valence electrons. The van der Waals surface area contributed by atoms with E-state index in [0.29, 0.717) is 24.5 Å². The van der Waals surface area contributed by atoms with E-state index in [1.165, 1.54) is 5.56 Å². The van der Waals surface area contributed by atoms with Gasteiger partial charge in [0.2, 0.25) is 5.95 Å². The number of H-pyrrole nitrogens is 1. The molecule has 32 heavy (non-hydrogen) atoms. The number of aromatic amines is 1. The summed E-state index contributed by atoms with van der Waals surface area (Å²) >= 11 is 3.44. The first-order valence-corrected chi connectivity index (χ1v) is 11.9. The molecule has 0 aliphatic heterocycles. The summed E-state index contributed by atoms with van der Waals surface area (Å²) in [6.45, 7) is 5.60. The molecule has 2 N–H and O–H groups in total. The maximum atomic E-state index is 12.4. The van der Waals surface area contributed by atoms with Gasteiger partial charge in [-0.3, -0.25) is 19.6 Å². The van der Waals surface area contributed by atoms with Crippen molar-refractivity contribution in [3.63, 3.8) is 0 Å². The molecule has 0 spiro atoms. The van der Waals surface area contributed by atoms with Crippen LogP contribution in [0.5, 0.6) is 0 Å². The molecule has 0 radical (unpaired) electrons. The van der Waals surface area contributed by atoms with Crippen LogP contribution < -0.4 is 16.4 Å². The van der Waals surface area contributed by atoms with Crippen molar-refractivity contribution in [2.45, 2.75) is 58.9 Å². The highest BCUT2D eigenvalue weighted by atomic mass is 79.9. The van der Waals surface area contributed by atoms with Crippen LogP contribution in [0.3, 0.4) is 0 Å². The number of pyridine rings is 2. The number of nitrogens with one attached hydrogen (secondary N) is 2. The molecule has 3 aromatic heterocycles. The maximum absolute atomic E-state index is 12.4. The molecular formula is C24H30BrN5O2. The first-order chi connectivity index (χ1) is 15.5. The first-order valence-electron chi connectivity index (χ1n) is 11.1. The third kappa shape index (κ3) is 6.88. The topological polar surface area (TPSA) is 92.7 Å². The average Bonchev–Trinajstić information content (AvgIpc) is 2.76. The van der Waals surface area contributed by atoms with Crippen molar-refractivity contribution in [1.82, 2.24) is 19.5 Å². The van der Waals surface area contributed by atoms with Gasteiger partial charge in [-0.25, -0.2) is 4.98 Å². The highest BCUT2D eigenvalue weighted by molar-refractivity contribution is 9.10. The third-order valence-corrected chi connectivity index (χ3v) is 5.80. The SMILES string of the molecule is CCCCn1ccc(Cc2cnc(NCCCCc3ncc(Br)cc3C)[nH]c2=O)cc1=O. The highest BCUT2D eigenvalue weighted by Gasteiger charge is 2.06. The van der Waals surface area contributed by atoms with E-state index in [2.05, 4.69) is 56.1 Å². The van der Waals surface area contributed by atoms with Crippen LogP contribution in [0, 0.1) is 6.92 Å². The van der Waals surface area contributed by atoms with E-state index < -0.39 is 0 Å². The molecule has 7 nitrogen and oxygen atoms in total. The van der Waals surface area contributed by atoms with Gasteiger partial charge in [-0.2, -0.15) is 0 Å². The molecule has 3 rings (SSSR count). The largest absolute Gasteiger partial charge is 0.356 e. The Morgan fingerprint density at radius 2 is 1.97 bits per heavy atom. The lowest BCUT2D eigenvalue weighted by molar-refractivity contribution is 0.612. The summed E-state index contributed by atoms with van der Waals surface area (Å²) in [5.74, 6) is 0.465. The zero-order valence-corrected chi connectivity index (χ0v) is 20.2. The summed E-state index contributed by atoms with van der Waals surface area (Å²) in [6.07, 6.45) is 10.5. The molecule has 8 heteroatoms. The lowest BCUT2D eigenvalue weighted by Gasteiger charge is -2.08. The minimum atomic E-state index is -0.188. The quantitative estimate of drug-likeness (QED) is 0.385. The van der Waals surface area contributed by atoms with E-state index in [4.69, 9.17) is 0 Å². The van der Waals surface area contributed by atoms with Gasteiger partial charge in [0.15, 0.2) is 0 Å². The van der Waals surface area contributed by atoms with Gasteiger partial charge in [-0.1, -0.05) is 13.3 Å². The fourth-order valence-corrected chi connectivity index (χ4v) is 3.93. The van der Waals surface area contributed by atoms with Crippen molar-refractivity contribution >= 4 is 21.9 Å². The summed E-state index contributed by atoms with van der Waals surface area (Å²) in [5, 5.41) is 3.17. The summed E-state index contributed by atoms with van der Waals surface area (Å²) in [5.41, 5.74) is 3.43. The van der Waals surface area contributed by atoms with Gasteiger partial charge in [0.25, 0.3) is 11.1 Å². The molecule has 0 fully saturated rings. The van der Waals surface area contributed by atoms with Crippen LogP contribution in [0.2, 0.25) is 0 Å². The summed E-state index contributed by atoms with van der Waals surface area (Å²) in [4.78, 5) is 36.2. The predicted molar refractivity (Wildman–Crippen MR) is 131 cm³/mol. The Morgan fingerprint density at radius 1 is 1.12 bits per heavy atom. The van der Waals surface area contributed by atoms with Crippen molar-refractivity contribution in [1.29, 1.82) is 0 Å². The molecular weight excluding hydrogens is 470 g/mol. The Bertz CT molecular complexity index is 1160. The molecule has 0 aromatic carbocycles. The van der Waals surface area contributed by atoms with Gasteiger partial charge < -0.3 is 9.88 Å². The molecule has 0 saturated heterocycles. The van der Waals surface area contributed by atoms with Gasteiger partial charge in [0.05, 0.1) is 0 Å². The van der Waals surface area contributed by atoms with Crippen molar-refractivity contribution < 1.29 is 0 Å². The van der Waals surface area contributed by atoms with Crippen LogP contribution in [-0.2, 0) is 19.4 Å². The van der Waals surface area contributed by atoms with Crippen molar-refractivity contribution in [3.8, 4) is 0 Å². The van der Waals surface area contributed by atoms with Crippen LogP contribution in [-0.4, -0.2) is 26.1 Å². The number of aryl methyl sites for hydroxylation is 3. The smallest absolute Gasteiger partial charge is 0.255 e. The molecule has 3 aromatic rings. The van der Waals surface area contributed by atoms with Gasteiger partial charge in [0.1, 0.15) is 0 Å². The zero-order chi connectivity index (χ0) is 22.9. The fourth-order valence-electron chi connectivity index (χ4n) is 3.48. The molecule has 0 atom stereocenters. The summed E-state index contributed by atoms with van der Waals surface area (Å²) in [7, 11) is 0. The van der Waals surface area contributed by atoms with Gasteiger partial charge in [-0.05, 0) is 71.8 Å². The minimum absolute atomic E-state index is 0.0350. The Kier molecular flexibility index (Phi) is 8.79. The minimum Gasteiger partial charge on any atom is -0.356 e. The summed E-state index contributed by atoms with van der Waals surface area (Å²) in [6, 6.07) is 5.57. The summed E-state index contributed by atoms with van der Waals surface area (Å²) < 4.78 is 2.70. The van der Waals surface area contributed by atoms with Gasteiger partial charge in [0, 0.05) is 59.9 Å². The van der Waals surface area contributed by atoms with Crippen LogP contribution in [0.15, 0.2) is 50.9 Å². The average molecular weight is 500 g/mol. The maximum Gasteiger partial charge on any atom is 0.255 e. The normalized spacial score (nSPS) is 11.0. The van der Waals surface area contributed by atoms with Crippen LogP contribution in [0.25, 0.3) is 0 Å². The van der Waals surface area contributed by atoms with Crippen LogP contribution >= 0.6 is 15.9 Å². The van der Waals surface area contributed by atoms with Crippen molar-refractivity contribution in [3.05, 3.63) is 84.4 Å². The van der Waals surface area contributed by atoms with E-state index in [-0.39, 0.29) is 11.1 Å². The van der Waals surface area contributed by atoms with Crippen molar-refractivity contribution in [2.24, 2.45) is 0 Å². The van der Waals surface area contributed by atoms with Crippen LogP contribution in [0.1, 0.15) is 55.0 Å². The van der Waals surface area contributed by atoms with E-state index in [1.54, 1.807) is 23.0 Å². The highest BCUT2D eigenvalue weighted by Crippen LogP contribution is 2.14. The first kappa shape index (κ1) is 23.9. The predicted octanol–water partition coefficient (Wildman–Crippen LogP) is 4.22. The molecule has 0 bridgehead atoms. The number of nitrogens with zero attached hydrogens (tertiary/aromatic N) is 3. The number of aromatic nitrogens is 4. The Labute approximate surface area is 196 Å². The van der Waals surface area contributed by atoms with E-state index in [0.717, 1.165) is 54.4 Å². The standard InChI is InChI=1S/C24H30BrN5O2/c1-3-4-10-30-11-8-18(14-22(30)31)13-19-15-28-24(29-23(19)32)26-9-6-5-7-21-17(2)12-20(25)16-27-21/h8,11-12,14-16H,3-7,9-10,13H2,1-2H3,(H2,26,28,29,32). The lowest BCUT2D eigenvalue weighted by Crippen LogP contribution is -2.21. The lowest BCUT2D eigenvalue weighted by atomic mass is 10.1. The third-order valence-electron chi connectivity index (χ3n) is 5.37. The van der Waals surface area contributed by atoms with Gasteiger partial charge in [-0.15, -0.1) is 0 Å². The number of hydrogen-bond acceptors (Lipinski definition) is 5. The molecule has 0 aliphatic carbocycles. The van der Waals surface area contributed by atoms with Gasteiger partial charge >= 0.3 is 0 Å². The van der Waals surface area contributed by atoms with Crippen LogP contribution in [0.4, 0.5) is 5.95 Å². The Morgan fingerprint density at radius 3 is 2.69 bits per heavy atom. The molecule has 0 unspecified atom stereocenters. The number of rotatable bonds is 11.